The molecule has 2 N–H and O–H groups in total. The van der Waals surface area contributed by atoms with E-state index in [2.05, 4.69) is 32.4 Å². The van der Waals surface area contributed by atoms with Gasteiger partial charge in [-0.25, -0.2) is 9.98 Å². The lowest BCUT2D eigenvalue weighted by Gasteiger charge is -2.26. The zero-order valence-electron chi connectivity index (χ0n) is 17.2. The van der Waals surface area contributed by atoms with E-state index in [1.54, 1.807) is 0 Å². The number of carbonyl (C=O) groups is 1. The maximum absolute atomic E-state index is 12.4. The molecule has 0 unspecified atom stereocenters. The number of aromatic amines is 1. The topological polar surface area (TPSA) is 76.6 Å². The number of amides is 1. The lowest BCUT2D eigenvalue weighted by atomic mass is 10.1. The quantitative estimate of drug-likeness (QED) is 0.356. The van der Waals surface area contributed by atoms with Gasteiger partial charge in [-0.3, -0.25) is 4.79 Å². The monoisotopic (exact) mass is 510 g/mol. The second-order valence-corrected chi connectivity index (χ2v) is 7.08. The van der Waals surface area contributed by atoms with Crippen molar-refractivity contribution in [2.45, 2.75) is 32.7 Å². The van der Waals surface area contributed by atoms with Crippen LogP contribution in [0.1, 0.15) is 32.0 Å². The van der Waals surface area contributed by atoms with Crippen molar-refractivity contribution >= 4 is 35.8 Å². The van der Waals surface area contributed by atoms with E-state index < -0.39 is 0 Å². The fraction of sp³-hybridized carbons (Fsp3) is 0.476. The number of guanidine groups is 1. The van der Waals surface area contributed by atoms with Gasteiger partial charge in [0.2, 0.25) is 5.91 Å². The molecule has 0 saturated carbocycles. The second-order valence-electron chi connectivity index (χ2n) is 7.08. The van der Waals surface area contributed by atoms with Gasteiger partial charge in [0.05, 0.1) is 18.4 Å². The first-order chi connectivity index (χ1) is 13.7. The van der Waals surface area contributed by atoms with Gasteiger partial charge in [0, 0.05) is 26.7 Å². The summed E-state index contributed by atoms with van der Waals surface area (Å²) >= 11 is 0. The van der Waals surface area contributed by atoms with Gasteiger partial charge in [0.1, 0.15) is 12.4 Å². The molecule has 2 aromatic rings. The summed E-state index contributed by atoms with van der Waals surface area (Å²) in [7, 11) is 1.96. The molecule has 0 radical (unpaired) electrons. The van der Waals surface area contributed by atoms with Crippen LogP contribution in [0.2, 0.25) is 0 Å². The predicted molar refractivity (Wildman–Crippen MR) is 127 cm³/mol. The predicted octanol–water partition coefficient (Wildman–Crippen LogP) is 3.10. The Balaban J connectivity index is 0.00000300. The van der Waals surface area contributed by atoms with Gasteiger partial charge < -0.3 is 20.1 Å². The molecule has 0 atom stereocenters. The largest absolute Gasteiger partial charge is 0.357 e. The summed E-state index contributed by atoms with van der Waals surface area (Å²) in [4.78, 5) is 28.7. The number of likely N-dealkylation sites (tertiary alicyclic amines) is 1. The highest BCUT2D eigenvalue weighted by molar-refractivity contribution is 14.0. The molecule has 1 aromatic carbocycles. The minimum atomic E-state index is 0. The lowest BCUT2D eigenvalue weighted by molar-refractivity contribution is -0.130. The Kier molecular flexibility index (Phi) is 9.43. The van der Waals surface area contributed by atoms with Crippen LogP contribution >= 0.6 is 24.0 Å². The average molecular weight is 510 g/mol. The summed E-state index contributed by atoms with van der Waals surface area (Å²) in [6.45, 7) is 5.24. The molecule has 7 nitrogen and oxygen atoms in total. The van der Waals surface area contributed by atoms with E-state index in [0.717, 1.165) is 49.6 Å². The molecular formula is C21H31IN6O. The van der Waals surface area contributed by atoms with Crippen molar-refractivity contribution in [1.29, 1.82) is 0 Å². The summed E-state index contributed by atoms with van der Waals surface area (Å²) in [5.74, 6) is 1.67. The molecule has 1 fully saturated rings. The van der Waals surface area contributed by atoms with Crippen LogP contribution in [0, 0.1) is 0 Å². The van der Waals surface area contributed by atoms with Crippen molar-refractivity contribution < 1.29 is 4.79 Å². The smallest absolute Gasteiger partial charge is 0.244 e. The molecule has 8 heteroatoms. The Morgan fingerprint density at radius 3 is 2.66 bits per heavy atom. The van der Waals surface area contributed by atoms with E-state index in [1.807, 2.05) is 48.2 Å². The van der Waals surface area contributed by atoms with E-state index >= 15 is 0 Å². The second kappa shape index (κ2) is 11.8. The van der Waals surface area contributed by atoms with Gasteiger partial charge in [0.15, 0.2) is 5.96 Å². The van der Waals surface area contributed by atoms with Crippen LogP contribution in [-0.4, -0.2) is 64.9 Å². The van der Waals surface area contributed by atoms with Gasteiger partial charge in [-0.2, -0.15) is 0 Å². The van der Waals surface area contributed by atoms with Crippen molar-refractivity contribution in [2.24, 2.45) is 4.99 Å². The van der Waals surface area contributed by atoms with Crippen molar-refractivity contribution in [3.63, 3.8) is 0 Å². The molecule has 29 heavy (non-hydrogen) atoms. The number of imidazole rings is 1. The average Bonchev–Trinajstić information content (AvgIpc) is 3.20. The Hall–Kier alpha value is -2.10. The van der Waals surface area contributed by atoms with E-state index in [1.165, 1.54) is 6.42 Å². The summed E-state index contributed by atoms with van der Waals surface area (Å²) in [5, 5.41) is 3.26. The number of nitrogens with one attached hydrogen (secondary N) is 2. The zero-order chi connectivity index (χ0) is 19.8. The van der Waals surface area contributed by atoms with Crippen LogP contribution in [0.15, 0.2) is 41.5 Å². The lowest BCUT2D eigenvalue weighted by Crippen LogP contribution is -2.41. The number of piperidine rings is 1. The summed E-state index contributed by atoms with van der Waals surface area (Å²) in [6.07, 6.45) is 5.25. The molecule has 2 heterocycles. The molecule has 0 aliphatic carbocycles. The minimum absolute atomic E-state index is 0. The van der Waals surface area contributed by atoms with Crippen molar-refractivity contribution in [3.8, 4) is 11.3 Å². The molecular weight excluding hydrogens is 479 g/mol. The number of H-pyrrole nitrogens is 1. The molecule has 1 aliphatic heterocycles. The highest BCUT2D eigenvalue weighted by atomic mass is 127. The number of benzene rings is 1. The molecule has 1 amide bonds. The summed E-state index contributed by atoms with van der Waals surface area (Å²) in [5.41, 5.74) is 2.10. The standard InChI is InChI=1S/C21H30N6O.HI/c1-3-22-21(24-15-20(28)27-12-8-5-9-13-27)26(2)16-19-23-14-18(25-19)17-10-6-4-7-11-17;/h4,6-7,10-11,14H,3,5,8-9,12-13,15-16H2,1-2H3,(H,22,24)(H,23,25);1H. The van der Waals surface area contributed by atoms with Crippen LogP contribution in [0.3, 0.4) is 0 Å². The highest BCUT2D eigenvalue weighted by Gasteiger charge is 2.17. The van der Waals surface area contributed by atoms with Crippen LogP contribution in [0.4, 0.5) is 0 Å². The Morgan fingerprint density at radius 1 is 1.24 bits per heavy atom. The normalized spacial score (nSPS) is 14.3. The van der Waals surface area contributed by atoms with E-state index in [-0.39, 0.29) is 36.4 Å². The maximum Gasteiger partial charge on any atom is 0.244 e. The number of carbonyl (C=O) groups excluding carboxylic acids is 1. The number of halogens is 1. The molecule has 3 rings (SSSR count). The Morgan fingerprint density at radius 2 is 1.97 bits per heavy atom. The molecule has 158 valence electrons. The van der Waals surface area contributed by atoms with Gasteiger partial charge in [0.25, 0.3) is 0 Å². The SMILES string of the molecule is CCNC(=NCC(=O)N1CCCCC1)N(C)Cc1ncc(-c2ccccc2)[nH]1.I. The number of hydrogen-bond acceptors (Lipinski definition) is 3. The van der Waals surface area contributed by atoms with Crippen molar-refractivity contribution in [2.75, 3.05) is 33.2 Å². The van der Waals surface area contributed by atoms with Crippen molar-refractivity contribution in [1.82, 2.24) is 25.1 Å². The maximum atomic E-state index is 12.4. The first-order valence-electron chi connectivity index (χ1n) is 10.0. The first kappa shape index (κ1) is 23.2. The van der Waals surface area contributed by atoms with Gasteiger partial charge >= 0.3 is 0 Å². The minimum Gasteiger partial charge on any atom is -0.357 e. The van der Waals surface area contributed by atoms with Crippen LogP contribution in [-0.2, 0) is 11.3 Å². The zero-order valence-corrected chi connectivity index (χ0v) is 19.6. The third kappa shape index (κ3) is 6.73. The Bertz CT molecular complexity index is 785. The number of hydrogen-bond donors (Lipinski definition) is 2. The molecule has 0 spiro atoms. The first-order valence-corrected chi connectivity index (χ1v) is 10.0. The third-order valence-electron chi connectivity index (χ3n) is 4.87. The van der Waals surface area contributed by atoms with Gasteiger partial charge in [-0.05, 0) is 31.7 Å². The van der Waals surface area contributed by atoms with Gasteiger partial charge in [-0.15, -0.1) is 24.0 Å². The van der Waals surface area contributed by atoms with Crippen LogP contribution in [0.5, 0.6) is 0 Å². The number of nitrogens with zero attached hydrogens (tertiary/aromatic N) is 4. The highest BCUT2D eigenvalue weighted by Crippen LogP contribution is 2.16. The third-order valence-corrected chi connectivity index (χ3v) is 4.87. The summed E-state index contributed by atoms with van der Waals surface area (Å²) < 4.78 is 0. The molecule has 1 aromatic heterocycles. The summed E-state index contributed by atoms with van der Waals surface area (Å²) in [6, 6.07) is 10.1. The number of aromatic nitrogens is 2. The molecule has 1 aliphatic rings. The fourth-order valence-electron chi connectivity index (χ4n) is 3.36. The van der Waals surface area contributed by atoms with Crippen molar-refractivity contribution in [3.05, 3.63) is 42.4 Å². The fourth-order valence-corrected chi connectivity index (χ4v) is 3.36. The Labute approximate surface area is 190 Å². The van der Waals surface area contributed by atoms with Crippen LogP contribution in [0.25, 0.3) is 11.3 Å². The van der Waals surface area contributed by atoms with E-state index in [0.29, 0.717) is 12.5 Å². The molecule has 0 bridgehead atoms. The number of rotatable bonds is 6. The number of aliphatic imine (C=N–C) groups is 1. The van der Waals surface area contributed by atoms with E-state index in [4.69, 9.17) is 0 Å². The molecule has 1 saturated heterocycles. The van der Waals surface area contributed by atoms with Gasteiger partial charge in [-0.1, -0.05) is 30.3 Å². The van der Waals surface area contributed by atoms with Crippen LogP contribution < -0.4 is 5.32 Å². The van der Waals surface area contributed by atoms with E-state index in [9.17, 15) is 4.79 Å².